The second-order valence-corrected chi connectivity index (χ2v) is 3.93. The Morgan fingerprint density at radius 2 is 1.62 bits per heavy atom. The summed E-state index contributed by atoms with van der Waals surface area (Å²) in [6, 6.07) is 8.78. The number of unbranched alkanes of at least 4 members (excludes halogenated alkanes) is 2. The summed E-state index contributed by atoms with van der Waals surface area (Å²) in [5.41, 5.74) is 3.85. The minimum absolute atomic E-state index is 1.14. The SMILES string of the molecule is C=C(C)c1ccc(CCCCC)cc1.CC. The van der Waals surface area contributed by atoms with Crippen LogP contribution in [0, 0.1) is 0 Å². The molecule has 0 bridgehead atoms. The summed E-state index contributed by atoms with van der Waals surface area (Å²) in [4.78, 5) is 0. The van der Waals surface area contributed by atoms with Gasteiger partial charge < -0.3 is 0 Å². The third kappa shape index (κ3) is 5.75. The van der Waals surface area contributed by atoms with E-state index in [1.807, 2.05) is 20.8 Å². The van der Waals surface area contributed by atoms with E-state index < -0.39 is 0 Å². The topological polar surface area (TPSA) is 0 Å². The van der Waals surface area contributed by atoms with Crippen LogP contribution < -0.4 is 0 Å². The smallest absolute Gasteiger partial charge is 0.0233 e. The van der Waals surface area contributed by atoms with E-state index in [-0.39, 0.29) is 0 Å². The normalized spacial score (nSPS) is 9.25. The van der Waals surface area contributed by atoms with Crippen molar-refractivity contribution in [1.82, 2.24) is 0 Å². The van der Waals surface area contributed by atoms with Crippen molar-refractivity contribution in [2.24, 2.45) is 0 Å². The number of rotatable bonds is 5. The first-order valence-corrected chi connectivity index (χ1v) is 6.49. The molecule has 0 heteroatoms. The van der Waals surface area contributed by atoms with Crippen LogP contribution in [0.25, 0.3) is 5.57 Å². The summed E-state index contributed by atoms with van der Waals surface area (Å²) < 4.78 is 0. The summed E-state index contributed by atoms with van der Waals surface area (Å²) in [6.45, 7) is 12.2. The van der Waals surface area contributed by atoms with Crippen molar-refractivity contribution < 1.29 is 0 Å². The molecule has 0 radical (unpaired) electrons. The summed E-state index contributed by atoms with van der Waals surface area (Å²) in [6.07, 6.45) is 5.15. The van der Waals surface area contributed by atoms with Crippen LogP contribution >= 0.6 is 0 Å². The number of aryl methyl sites for hydroxylation is 1. The minimum atomic E-state index is 1.14. The van der Waals surface area contributed by atoms with E-state index in [9.17, 15) is 0 Å². The van der Waals surface area contributed by atoms with Crippen molar-refractivity contribution in [1.29, 1.82) is 0 Å². The Bertz CT molecular complexity index is 279. The molecular weight excluding hydrogens is 192 g/mol. The molecule has 0 spiro atoms. The highest BCUT2D eigenvalue weighted by atomic mass is 14.0. The van der Waals surface area contributed by atoms with Gasteiger partial charge in [-0.25, -0.2) is 0 Å². The molecule has 0 unspecified atom stereocenters. The Morgan fingerprint density at radius 3 is 2.06 bits per heavy atom. The summed E-state index contributed by atoms with van der Waals surface area (Å²) in [5.74, 6) is 0. The molecule has 0 N–H and O–H groups in total. The van der Waals surface area contributed by atoms with Crippen LogP contribution in [0.1, 0.15) is 58.1 Å². The first kappa shape index (κ1) is 15.0. The fourth-order valence-corrected chi connectivity index (χ4v) is 1.54. The van der Waals surface area contributed by atoms with Crippen molar-refractivity contribution in [3.05, 3.63) is 42.0 Å². The molecule has 0 aromatic heterocycles. The minimum Gasteiger partial charge on any atom is -0.0955 e. The molecule has 0 heterocycles. The average molecular weight is 218 g/mol. The second-order valence-electron chi connectivity index (χ2n) is 3.93. The number of hydrogen-bond acceptors (Lipinski definition) is 0. The van der Waals surface area contributed by atoms with Gasteiger partial charge in [0.2, 0.25) is 0 Å². The number of benzene rings is 1. The zero-order valence-electron chi connectivity index (χ0n) is 11.3. The third-order valence-corrected chi connectivity index (χ3v) is 2.52. The highest BCUT2D eigenvalue weighted by Crippen LogP contribution is 2.13. The van der Waals surface area contributed by atoms with Crippen LogP contribution in [0.3, 0.4) is 0 Å². The largest absolute Gasteiger partial charge is 0.0955 e. The van der Waals surface area contributed by atoms with Gasteiger partial charge in [0.1, 0.15) is 0 Å². The Labute approximate surface area is 101 Å². The van der Waals surface area contributed by atoms with Crippen LogP contribution in [0.4, 0.5) is 0 Å². The lowest BCUT2D eigenvalue weighted by atomic mass is 10.0. The van der Waals surface area contributed by atoms with Gasteiger partial charge in [0.05, 0.1) is 0 Å². The first-order valence-electron chi connectivity index (χ1n) is 6.49. The van der Waals surface area contributed by atoms with Crippen LogP contribution in [0.5, 0.6) is 0 Å². The van der Waals surface area contributed by atoms with Crippen molar-refractivity contribution >= 4 is 5.57 Å². The predicted octanol–water partition coefficient (Wildman–Crippen LogP) is 5.48. The summed E-state index contributed by atoms with van der Waals surface area (Å²) in [7, 11) is 0. The monoisotopic (exact) mass is 218 g/mol. The molecule has 0 fully saturated rings. The Kier molecular flexibility index (Phi) is 8.61. The molecule has 16 heavy (non-hydrogen) atoms. The molecule has 1 aromatic rings. The lowest BCUT2D eigenvalue weighted by molar-refractivity contribution is 0.717. The van der Waals surface area contributed by atoms with Gasteiger partial charge in [-0.1, -0.05) is 70.0 Å². The molecule has 1 rings (SSSR count). The van der Waals surface area contributed by atoms with E-state index in [0.717, 1.165) is 5.57 Å². The molecule has 1 aromatic carbocycles. The maximum Gasteiger partial charge on any atom is -0.0233 e. The van der Waals surface area contributed by atoms with E-state index in [0.29, 0.717) is 0 Å². The maximum atomic E-state index is 3.93. The van der Waals surface area contributed by atoms with Gasteiger partial charge in [0.15, 0.2) is 0 Å². The molecule has 0 atom stereocenters. The molecule has 0 aliphatic rings. The maximum absolute atomic E-state index is 3.93. The molecule has 0 amide bonds. The van der Waals surface area contributed by atoms with Gasteiger partial charge in [-0.15, -0.1) is 0 Å². The summed E-state index contributed by atoms with van der Waals surface area (Å²) >= 11 is 0. The van der Waals surface area contributed by atoms with Gasteiger partial charge in [0.25, 0.3) is 0 Å². The average Bonchev–Trinajstić information content (AvgIpc) is 2.33. The molecule has 0 saturated carbocycles. The molecule has 90 valence electrons. The predicted molar refractivity (Wildman–Crippen MR) is 75.7 cm³/mol. The zero-order valence-corrected chi connectivity index (χ0v) is 11.3. The van der Waals surface area contributed by atoms with Crippen molar-refractivity contribution in [3.63, 3.8) is 0 Å². The summed E-state index contributed by atoms with van der Waals surface area (Å²) in [5, 5.41) is 0. The third-order valence-electron chi connectivity index (χ3n) is 2.52. The Balaban J connectivity index is 0.00000106. The van der Waals surface area contributed by atoms with E-state index in [1.54, 1.807) is 0 Å². The Morgan fingerprint density at radius 1 is 1.06 bits per heavy atom. The van der Waals surface area contributed by atoms with Crippen molar-refractivity contribution in [2.75, 3.05) is 0 Å². The fourth-order valence-electron chi connectivity index (χ4n) is 1.54. The lowest BCUT2D eigenvalue weighted by Crippen LogP contribution is -1.86. The van der Waals surface area contributed by atoms with Crippen LogP contribution in [-0.2, 0) is 6.42 Å². The molecule has 0 saturated heterocycles. The Hall–Kier alpha value is -1.04. The van der Waals surface area contributed by atoms with Gasteiger partial charge in [-0.3, -0.25) is 0 Å². The number of allylic oxidation sites excluding steroid dienone is 1. The molecule has 0 nitrogen and oxygen atoms in total. The van der Waals surface area contributed by atoms with E-state index in [2.05, 4.69) is 37.8 Å². The van der Waals surface area contributed by atoms with Gasteiger partial charge in [-0.05, 0) is 30.9 Å². The lowest BCUT2D eigenvalue weighted by Gasteiger charge is -2.03. The first-order chi connectivity index (χ1) is 7.74. The van der Waals surface area contributed by atoms with Crippen molar-refractivity contribution in [3.8, 4) is 0 Å². The van der Waals surface area contributed by atoms with Crippen LogP contribution in [-0.4, -0.2) is 0 Å². The van der Waals surface area contributed by atoms with Gasteiger partial charge >= 0.3 is 0 Å². The highest BCUT2D eigenvalue weighted by molar-refractivity contribution is 5.61. The second kappa shape index (κ2) is 9.21. The highest BCUT2D eigenvalue weighted by Gasteiger charge is 1.95. The van der Waals surface area contributed by atoms with Crippen molar-refractivity contribution in [2.45, 2.75) is 53.4 Å². The van der Waals surface area contributed by atoms with Crippen LogP contribution in [0.2, 0.25) is 0 Å². The van der Waals surface area contributed by atoms with E-state index in [4.69, 9.17) is 0 Å². The fraction of sp³-hybridized carbons (Fsp3) is 0.500. The van der Waals surface area contributed by atoms with Crippen LogP contribution in [0.15, 0.2) is 30.8 Å². The quantitative estimate of drug-likeness (QED) is 0.574. The molecule has 0 aliphatic carbocycles. The van der Waals surface area contributed by atoms with Gasteiger partial charge in [-0.2, -0.15) is 0 Å². The van der Waals surface area contributed by atoms with Gasteiger partial charge in [0, 0.05) is 0 Å². The zero-order chi connectivity index (χ0) is 12.4. The van der Waals surface area contributed by atoms with E-state index >= 15 is 0 Å². The standard InChI is InChI=1S/C14H20.C2H6/c1-4-5-6-7-13-8-10-14(11-9-13)12(2)3;1-2/h8-11H,2,4-7H2,1,3H3;1-2H3. The van der Waals surface area contributed by atoms with E-state index in [1.165, 1.54) is 36.8 Å². The molecular formula is C16H26. The molecule has 0 aliphatic heterocycles. The number of hydrogen-bond donors (Lipinski definition) is 0.